The van der Waals surface area contributed by atoms with Gasteiger partial charge in [0.2, 0.25) is 5.91 Å². The molecule has 1 amide bonds. The maximum absolute atomic E-state index is 12.4. The summed E-state index contributed by atoms with van der Waals surface area (Å²) in [6.45, 7) is 5.88. The molecular formula is C27H34ClN5O2. The first-order valence-electron chi connectivity index (χ1n) is 12.1. The molecule has 0 saturated carbocycles. The number of aromatic nitrogens is 2. The van der Waals surface area contributed by atoms with Gasteiger partial charge in [0, 0.05) is 70.1 Å². The van der Waals surface area contributed by atoms with Crippen LogP contribution in [-0.4, -0.2) is 83.4 Å². The van der Waals surface area contributed by atoms with Crippen molar-refractivity contribution in [3.05, 3.63) is 88.7 Å². The first-order chi connectivity index (χ1) is 17.0. The Balaban J connectivity index is 1.22. The number of nitrogens with zero attached hydrogens (tertiary/aromatic N) is 5. The Labute approximate surface area is 212 Å². The van der Waals surface area contributed by atoms with E-state index < -0.39 is 0 Å². The van der Waals surface area contributed by atoms with Gasteiger partial charge in [-0.25, -0.2) is 0 Å². The molecule has 8 heteroatoms. The summed E-state index contributed by atoms with van der Waals surface area (Å²) in [5.41, 5.74) is 3.56. The molecule has 0 radical (unpaired) electrons. The van der Waals surface area contributed by atoms with Gasteiger partial charge in [0.05, 0.1) is 18.8 Å². The van der Waals surface area contributed by atoms with Crippen LogP contribution in [-0.2, 0) is 23.1 Å². The normalized spacial score (nSPS) is 15.7. The molecule has 35 heavy (non-hydrogen) atoms. The number of carbonyl (C=O) groups is 1. The van der Waals surface area contributed by atoms with Crippen molar-refractivity contribution in [2.75, 3.05) is 53.0 Å². The molecule has 1 aliphatic heterocycles. The summed E-state index contributed by atoms with van der Waals surface area (Å²) in [4.78, 5) is 19.0. The van der Waals surface area contributed by atoms with Crippen molar-refractivity contribution in [1.29, 1.82) is 0 Å². The van der Waals surface area contributed by atoms with Crippen LogP contribution >= 0.6 is 11.6 Å². The van der Waals surface area contributed by atoms with Gasteiger partial charge >= 0.3 is 0 Å². The zero-order valence-corrected chi connectivity index (χ0v) is 21.3. The minimum absolute atomic E-state index is 0.0210. The SMILES string of the molecule is CN(Cc1cnn(C)c1)C(=O)COCCN1CCN(C(c2ccccc2)c2ccc(Cl)cc2)CC1. The summed E-state index contributed by atoms with van der Waals surface area (Å²) in [6, 6.07) is 19.0. The van der Waals surface area contributed by atoms with Crippen LogP contribution in [0.4, 0.5) is 0 Å². The lowest BCUT2D eigenvalue weighted by atomic mass is 9.96. The van der Waals surface area contributed by atoms with E-state index in [9.17, 15) is 4.79 Å². The standard InChI is InChI=1S/C27H34ClN5O2/c1-30(19-22-18-29-31(2)20-22)26(34)21-35-17-16-32-12-14-33(15-13-32)27(23-6-4-3-5-7-23)24-8-10-25(28)11-9-24/h3-11,18,20,27H,12-17,19,21H2,1-2H3. The Hall–Kier alpha value is -2.71. The Morgan fingerprint density at radius 3 is 2.40 bits per heavy atom. The lowest BCUT2D eigenvalue weighted by Gasteiger charge is -2.39. The quantitative estimate of drug-likeness (QED) is 0.403. The van der Waals surface area contributed by atoms with E-state index in [1.165, 1.54) is 11.1 Å². The van der Waals surface area contributed by atoms with Gasteiger partial charge in [-0.05, 0) is 23.3 Å². The van der Waals surface area contributed by atoms with Crippen LogP contribution in [0.25, 0.3) is 0 Å². The van der Waals surface area contributed by atoms with E-state index in [2.05, 4.69) is 57.4 Å². The number of rotatable bonds is 10. The predicted octanol–water partition coefficient (Wildman–Crippen LogP) is 3.46. The Kier molecular flexibility index (Phi) is 8.93. The number of likely N-dealkylation sites (N-methyl/N-ethyl adjacent to an activating group) is 1. The molecule has 2 aromatic carbocycles. The molecule has 1 aromatic heterocycles. The summed E-state index contributed by atoms with van der Waals surface area (Å²) >= 11 is 6.14. The summed E-state index contributed by atoms with van der Waals surface area (Å²) in [5, 5.41) is 4.90. The average Bonchev–Trinajstić information content (AvgIpc) is 3.29. The number of aryl methyl sites for hydroxylation is 1. The highest BCUT2D eigenvalue weighted by Gasteiger charge is 2.26. The highest BCUT2D eigenvalue weighted by atomic mass is 35.5. The number of ether oxygens (including phenoxy) is 1. The fourth-order valence-electron chi connectivity index (χ4n) is 4.52. The number of halogens is 1. The van der Waals surface area contributed by atoms with Crippen molar-refractivity contribution >= 4 is 17.5 Å². The molecule has 1 fully saturated rings. The van der Waals surface area contributed by atoms with Gasteiger partial charge in [0.1, 0.15) is 6.61 Å². The summed E-state index contributed by atoms with van der Waals surface area (Å²) in [6.07, 6.45) is 3.69. The number of piperazine rings is 1. The van der Waals surface area contributed by atoms with Crippen molar-refractivity contribution in [2.24, 2.45) is 7.05 Å². The van der Waals surface area contributed by atoms with Crippen LogP contribution < -0.4 is 0 Å². The van der Waals surface area contributed by atoms with Crippen molar-refractivity contribution in [3.8, 4) is 0 Å². The lowest BCUT2D eigenvalue weighted by Crippen LogP contribution is -2.48. The smallest absolute Gasteiger partial charge is 0.248 e. The molecule has 4 rings (SSSR count). The van der Waals surface area contributed by atoms with Gasteiger partial charge in [-0.15, -0.1) is 0 Å². The van der Waals surface area contributed by atoms with E-state index in [-0.39, 0.29) is 18.6 Å². The van der Waals surface area contributed by atoms with Gasteiger partial charge in [-0.3, -0.25) is 19.3 Å². The Morgan fingerprint density at radius 1 is 1.06 bits per heavy atom. The number of benzene rings is 2. The zero-order valence-electron chi connectivity index (χ0n) is 20.5. The number of hydrogen-bond acceptors (Lipinski definition) is 5. The fraction of sp³-hybridized carbons (Fsp3) is 0.407. The molecule has 1 atom stereocenters. The van der Waals surface area contributed by atoms with Crippen molar-refractivity contribution in [3.63, 3.8) is 0 Å². The molecule has 0 aliphatic carbocycles. The van der Waals surface area contributed by atoms with E-state index in [0.717, 1.165) is 43.3 Å². The third kappa shape index (κ3) is 7.15. The van der Waals surface area contributed by atoms with E-state index in [4.69, 9.17) is 16.3 Å². The van der Waals surface area contributed by atoms with Gasteiger partial charge in [0.15, 0.2) is 0 Å². The van der Waals surface area contributed by atoms with Crippen LogP contribution in [0.15, 0.2) is 67.0 Å². The maximum atomic E-state index is 12.4. The van der Waals surface area contributed by atoms with Crippen molar-refractivity contribution in [2.45, 2.75) is 12.6 Å². The molecule has 1 aliphatic rings. The second kappa shape index (κ2) is 12.3. The van der Waals surface area contributed by atoms with Crippen LogP contribution in [0, 0.1) is 0 Å². The molecule has 1 saturated heterocycles. The van der Waals surface area contributed by atoms with Crippen LogP contribution in [0.5, 0.6) is 0 Å². The second-order valence-corrected chi connectivity index (χ2v) is 9.50. The number of carbonyl (C=O) groups excluding carboxylic acids is 1. The first kappa shape index (κ1) is 25.4. The minimum Gasteiger partial charge on any atom is -0.370 e. The van der Waals surface area contributed by atoms with E-state index in [0.29, 0.717) is 13.2 Å². The molecule has 2 heterocycles. The molecule has 3 aromatic rings. The highest BCUT2D eigenvalue weighted by Crippen LogP contribution is 2.30. The average molecular weight is 496 g/mol. The Morgan fingerprint density at radius 2 is 1.74 bits per heavy atom. The van der Waals surface area contributed by atoms with E-state index in [1.807, 2.05) is 25.4 Å². The van der Waals surface area contributed by atoms with Crippen LogP contribution in [0.2, 0.25) is 5.02 Å². The van der Waals surface area contributed by atoms with Gasteiger partial charge < -0.3 is 9.64 Å². The molecule has 0 spiro atoms. The van der Waals surface area contributed by atoms with Crippen LogP contribution in [0.3, 0.4) is 0 Å². The van der Waals surface area contributed by atoms with E-state index >= 15 is 0 Å². The molecule has 7 nitrogen and oxygen atoms in total. The fourth-order valence-corrected chi connectivity index (χ4v) is 4.64. The monoisotopic (exact) mass is 495 g/mol. The van der Waals surface area contributed by atoms with Gasteiger partial charge in [0.25, 0.3) is 0 Å². The Bertz CT molecular complexity index is 1060. The number of amides is 1. The minimum atomic E-state index is -0.0210. The zero-order chi connectivity index (χ0) is 24.6. The van der Waals surface area contributed by atoms with Crippen LogP contribution in [0.1, 0.15) is 22.7 Å². The second-order valence-electron chi connectivity index (χ2n) is 9.07. The topological polar surface area (TPSA) is 53.8 Å². The lowest BCUT2D eigenvalue weighted by molar-refractivity contribution is -0.135. The molecule has 0 N–H and O–H groups in total. The third-order valence-corrected chi connectivity index (χ3v) is 6.71. The van der Waals surface area contributed by atoms with E-state index in [1.54, 1.807) is 22.8 Å². The largest absolute Gasteiger partial charge is 0.370 e. The van der Waals surface area contributed by atoms with Gasteiger partial charge in [-0.2, -0.15) is 5.10 Å². The predicted molar refractivity (Wildman–Crippen MR) is 138 cm³/mol. The first-order valence-corrected chi connectivity index (χ1v) is 12.4. The molecule has 0 bridgehead atoms. The summed E-state index contributed by atoms with van der Waals surface area (Å²) in [5.74, 6) is -0.0210. The summed E-state index contributed by atoms with van der Waals surface area (Å²) in [7, 11) is 3.66. The molecule has 186 valence electrons. The molecule has 1 unspecified atom stereocenters. The third-order valence-electron chi connectivity index (χ3n) is 6.45. The maximum Gasteiger partial charge on any atom is 0.248 e. The van der Waals surface area contributed by atoms with Gasteiger partial charge in [-0.1, -0.05) is 54.1 Å². The van der Waals surface area contributed by atoms with Crippen molar-refractivity contribution < 1.29 is 9.53 Å². The number of hydrogen-bond donors (Lipinski definition) is 0. The molecular weight excluding hydrogens is 462 g/mol. The highest BCUT2D eigenvalue weighted by molar-refractivity contribution is 6.30. The summed E-state index contributed by atoms with van der Waals surface area (Å²) < 4.78 is 7.44. The van der Waals surface area contributed by atoms with Crippen molar-refractivity contribution in [1.82, 2.24) is 24.5 Å².